The van der Waals surface area contributed by atoms with E-state index in [-0.39, 0.29) is 29.0 Å². The fourth-order valence-electron chi connectivity index (χ4n) is 4.16. The SMILES string of the molecule is CC1CCN(C(=O)CN2C(=O)S/C(=C\c3cc(C(C)(C)C)c(O)c(C(C)(C)C)c3)C2=O)CC1. The average molecular weight is 473 g/mol. The van der Waals surface area contributed by atoms with Crippen molar-refractivity contribution in [1.82, 2.24) is 9.80 Å². The number of piperidine rings is 1. The van der Waals surface area contributed by atoms with Crippen molar-refractivity contribution < 1.29 is 19.5 Å². The minimum Gasteiger partial charge on any atom is -0.507 e. The summed E-state index contributed by atoms with van der Waals surface area (Å²) in [4.78, 5) is 41.4. The van der Waals surface area contributed by atoms with Crippen LogP contribution in [-0.2, 0) is 20.4 Å². The molecule has 0 saturated carbocycles. The number of carbonyl (C=O) groups is 3. The molecule has 7 heteroatoms. The predicted octanol–water partition coefficient (Wildman–Crippen LogP) is 5.28. The minimum absolute atomic E-state index is 0.180. The molecule has 6 nitrogen and oxygen atoms in total. The summed E-state index contributed by atoms with van der Waals surface area (Å²) in [7, 11) is 0. The van der Waals surface area contributed by atoms with Crippen LogP contribution in [0.5, 0.6) is 5.75 Å². The zero-order chi connectivity index (χ0) is 24.7. The van der Waals surface area contributed by atoms with Crippen LogP contribution in [-0.4, -0.2) is 51.6 Å². The molecule has 0 aliphatic carbocycles. The van der Waals surface area contributed by atoms with Crippen LogP contribution >= 0.6 is 11.8 Å². The molecule has 0 spiro atoms. The Kier molecular flexibility index (Phi) is 7.04. The van der Waals surface area contributed by atoms with Crippen LogP contribution < -0.4 is 0 Å². The van der Waals surface area contributed by atoms with Crippen molar-refractivity contribution in [3.8, 4) is 5.75 Å². The quantitative estimate of drug-likeness (QED) is 0.606. The third kappa shape index (κ3) is 5.62. The first-order valence-electron chi connectivity index (χ1n) is 11.6. The normalized spacial score (nSPS) is 19.7. The first-order chi connectivity index (χ1) is 15.2. The highest BCUT2D eigenvalue weighted by atomic mass is 32.2. The van der Waals surface area contributed by atoms with E-state index in [0.29, 0.717) is 23.9 Å². The molecule has 2 aliphatic heterocycles. The van der Waals surface area contributed by atoms with E-state index in [0.717, 1.165) is 46.2 Å². The van der Waals surface area contributed by atoms with E-state index in [4.69, 9.17) is 0 Å². The predicted molar refractivity (Wildman–Crippen MR) is 133 cm³/mol. The highest BCUT2D eigenvalue weighted by Gasteiger charge is 2.37. The molecular formula is C26H36N2O4S. The number of amides is 3. The van der Waals surface area contributed by atoms with E-state index < -0.39 is 11.1 Å². The molecule has 2 saturated heterocycles. The smallest absolute Gasteiger partial charge is 0.294 e. The number of imide groups is 1. The number of hydrogen-bond acceptors (Lipinski definition) is 5. The zero-order valence-corrected chi connectivity index (χ0v) is 21.6. The van der Waals surface area contributed by atoms with Crippen molar-refractivity contribution in [3.05, 3.63) is 33.7 Å². The fraction of sp³-hybridized carbons (Fsp3) is 0.577. The lowest BCUT2D eigenvalue weighted by atomic mass is 9.78. The molecule has 0 radical (unpaired) electrons. The summed E-state index contributed by atoms with van der Waals surface area (Å²) < 4.78 is 0. The molecule has 2 fully saturated rings. The van der Waals surface area contributed by atoms with Gasteiger partial charge in [-0.25, -0.2) is 0 Å². The summed E-state index contributed by atoms with van der Waals surface area (Å²) in [6.45, 7) is 15.5. The Hall–Kier alpha value is -2.28. The summed E-state index contributed by atoms with van der Waals surface area (Å²) in [6, 6.07) is 3.75. The molecule has 0 unspecified atom stereocenters. The molecule has 0 bridgehead atoms. The number of nitrogens with zero attached hydrogens (tertiary/aromatic N) is 2. The van der Waals surface area contributed by atoms with Crippen molar-refractivity contribution in [1.29, 1.82) is 0 Å². The molecule has 2 heterocycles. The summed E-state index contributed by atoms with van der Waals surface area (Å²) >= 11 is 0.862. The van der Waals surface area contributed by atoms with Gasteiger partial charge in [0.1, 0.15) is 12.3 Å². The minimum atomic E-state index is -0.439. The first-order valence-corrected chi connectivity index (χ1v) is 12.4. The van der Waals surface area contributed by atoms with Crippen molar-refractivity contribution in [2.75, 3.05) is 19.6 Å². The summed E-state index contributed by atoms with van der Waals surface area (Å²) in [5.74, 6) is 0.240. The van der Waals surface area contributed by atoms with Crippen LogP contribution in [0.3, 0.4) is 0 Å². The Bertz CT molecular complexity index is 958. The number of rotatable bonds is 3. The third-order valence-electron chi connectivity index (χ3n) is 6.35. The van der Waals surface area contributed by atoms with Gasteiger partial charge in [0, 0.05) is 24.2 Å². The number of hydrogen-bond donors (Lipinski definition) is 1. The first kappa shape index (κ1) is 25.3. The molecule has 3 amide bonds. The van der Waals surface area contributed by atoms with E-state index in [1.807, 2.05) is 53.7 Å². The van der Waals surface area contributed by atoms with Crippen LogP contribution in [0, 0.1) is 5.92 Å². The molecule has 1 aromatic rings. The Morgan fingerprint density at radius 3 is 2.06 bits per heavy atom. The van der Waals surface area contributed by atoms with E-state index >= 15 is 0 Å². The molecule has 180 valence electrons. The fourth-order valence-corrected chi connectivity index (χ4v) is 5.00. The molecule has 0 atom stereocenters. The second-order valence-corrected chi connectivity index (χ2v) is 12.3. The zero-order valence-electron chi connectivity index (χ0n) is 20.8. The largest absolute Gasteiger partial charge is 0.507 e. The van der Waals surface area contributed by atoms with Crippen molar-refractivity contribution in [2.24, 2.45) is 5.92 Å². The van der Waals surface area contributed by atoms with Crippen LogP contribution in [0.2, 0.25) is 0 Å². The maximum absolute atomic E-state index is 13.0. The molecule has 0 aromatic heterocycles. The summed E-state index contributed by atoms with van der Waals surface area (Å²) in [5, 5.41) is 10.5. The molecule has 2 aliphatic rings. The second kappa shape index (κ2) is 9.16. The van der Waals surface area contributed by atoms with Crippen LogP contribution in [0.1, 0.15) is 78.0 Å². The van der Waals surface area contributed by atoms with Gasteiger partial charge in [0.2, 0.25) is 5.91 Å². The maximum Gasteiger partial charge on any atom is 0.294 e. The summed E-state index contributed by atoms with van der Waals surface area (Å²) in [5.41, 5.74) is 1.73. The topological polar surface area (TPSA) is 77.9 Å². The molecular weight excluding hydrogens is 436 g/mol. The highest BCUT2D eigenvalue weighted by molar-refractivity contribution is 8.18. The number of carbonyl (C=O) groups excluding carboxylic acids is 3. The van der Waals surface area contributed by atoms with Crippen LogP contribution in [0.4, 0.5) is 4.79 Å². The van der Waals surface area contributed by atoms with Gasteiger partial charge in [0.15, 0.2) is 0 Å². The van der Waals surface area contributed by atoms with Crippen molar-refractivity contribution in [3.63, 3.8) is 0 Å². The van der Waals surface area contributed by atoms with Gasteiger partial charge >= 0.3 is 0 Å². The van der Waals surface area contributed by atoms with E-state index in [1.54, 1.807) is 11.0 Å². The van der Waals surface area contributed by atoms with Gasteiger partial charge in [-0.15, -0.1) is 0 Å². The molecule has 33 heavy (non-hydrogen) atoms. The highest BCUT2D eigenvalue weighted by Crippen LogP contribution is 2.41. The Morgan fingerprint density at radius 2 is 1.58 bits per heavy atom. The third-order valence-corrected chi connectivity index (χ3v) is 7.26. The van der Waals surface area contributed by atoms with E-state index in [1.165, 1.54) is 0 Å². The average Bonchev–Trinajstić information content (AvgIpc) is 2.95. The van der Waals surface area contributed by atoms with Crippen LogP contribution in [0.25, 0.3) is 6.08 Å². The van der Waals surface area contributed by atoms with Crippen molar-refractivity contribution in [2.45, 2.75) is 72.1 Å². The van der Waals surface area contributed by atoms with Gasteiger partial charge in [-0.2, -0.15) is 0 Å². The van der Waals surface area contributed by atoms with Gasteiger partial charge < -0.3 is 10.0 Å². The number of thioether (sulfide) groups is 1. The van der Waals surface area contributed by atoms with Gasteiger partial charge in [0.25, 0.3) is 11.1 Å². The number of likely N-dealkylation sites (tertiary alicyclic amines) is 1. The number of phenols is 1. The second-order valence-electron chi connectivity index (χ2n) is 11.3. The Balaban J connectivity index is 1.87. The van der Waals surface area contributed by atoms with E-state index in [2.05, 4.69) is 6.92 Å². The van der Waals surface area contributed by atoms with Crippen molar-refractivity contribution >= 4 is 34.9 Å². The number of phenolic OH excluding ortho intramolecular Hbond substituents is 1. The molecule has 3 rings (SSSR count). The monoisotopic (exact) mass is 472 g/mol. The molecule has 1 N–H and O–H groups in total. The lowest BCUT2D eigenvalue weighted by molar-refractivity contribution is -0.136. The van der Waals surface area contributed by atoms with Crippen LogP contribution in [0.15, 0.2) is 17.0 Å². The lowest BCUT2D eigenvalue weighted by Gasteiger charge is -2.31. The summed E-state index contributed by atoms with van der Waals surface area (Å²) in [6.07, 6.45) is 3.59. The Labute approximate surface area is 201 Å². The Morgan fingerprint density at radius 1 is 1.06 bits per heavy atom. The van der Waals surface area contributed by atoms with E-state index in [9.17, 15) is 19.5 Å². The van der Waals surface area contributed by atoms with Gasteiger partial charge in [-0.05, 0) is 65.1 Å². The standard InChI is InChI=1S/C26H36N2O4S/c1-16-8-10-27(11-9-16)21(29)15-28-23(31)20(33-24(28)32)14-17-12-18(25(2,3)4)22(30)19(13-17)26(5,6)7/h12-14,16,30H,8-11,15H2,1-7H3/b20-14-. The number of benzene rings is 1. The maximum atomic E-state index is 13.0. The van der Waals surface area contributed by atoms with Gasteiger partial charge in [-0.3, -0.25) is 19.3 Å². The van der Waals surface area contributed by atoms with Gasteiger partial charge in [0.05, 0.1) is 4.91 Å². The lowest BCUT2D eigenvalue weighted by Crippen LogP contribution is -2.45. The molecule has 1 aromatic carbocycles. The van der Waals surface area contributed by atoms with Gasteiger partial charge in [-0.1, -0.05) is 48.5 Å². The number of aromatic hydroxyl groups is 1.